The largest absolute Gasteiger partial charge is 0.492 e. The Balaban J connectivity index is 1.55. The molecule has 2 heterocycles. The lowest BCUT2D eigenvalue weighted by Gasteiger charge is -2.32. The molecule has 7 N–H and O–H groups in total. The number of carbonyl (C=O) groups excluding carboxylic acids is 5. The molecule has 0 saturated carbocycles. The number of ether oxygens (including phenoxy) is 2. The third kappa shape index (κ3) is 12.5. The number of ketones is 3. The van der Waals surface area contributed by atoms with Crippen molar-refractivity contribution in [3.8, 4) is 40.1 Å². The Bertz CT molecular complexity index is 2410. The van der Waals surface area contributed by atoms with Gasteiger partial charge in [-0.05, 0) is 72.7 Å². The van der Waals surface area contributed by atoms with E-state index in [1.807, 2.05) is 36.4 Å². The molecule has 2 amide bonds. The van der Waals surface area contributed by atoms with E-state index in [9.17, 15) is 29.2 Å². The number of benzene rings is 3. The second-order valence-corrected chi connectivity index (χ2v) is 17.6. The minimum Gasteiger partial charge on any atom is -0.492 e. The molecule has 4 unspecified atom stereocenters. The number of likely N-dealkylation sites (N-methyl/N-ethyl adjacent to an activating group) is 1. The van der Waals surface area contributed by atoms with E-state index in [4.69, 9.17) is 26.7 Å². The summed E-state index contributed by atoms with van der Waals surface area (Å²) < 4.78 is 12.2. The van der Waals surface area contributed by atoms with Crippen molar-refractivity contribution in [2.45, 2.75) is 90.6 Å². The van der Waals surface area contributed by atoms with Gasteiger partial charge in [0.1, 0.15) is 30.8 Å². The summed E-state index contributed by atoms with van der Waals surface area (Å²) in [4.78, 5) is 81.2. The summed E-state index contributed by atoms with van der Waals surface area (Å²) in [5, 5.41) is 12.1. The van der Waals surface area contributed by atoms with Gasteiger partial charge in [-0.3, -0.25) is 24.0 Å². The lowest BCUT2D eigenvalue weighted by Crippen LogP contribution is -2.46. The van der Waals surface area contributed by atoms with Crippen LogP contribution < -0.4 is 32.0 Å². The maximum atomic E-state index is 14.7. The van der Waals surface area contributed by atoms with Gasteiger partial charge in [0.05, 0.1) is 23.4 Å². The van der Waals surface area contributed by atoms with Crippen LogP contribution >= 0.6 is 0 Å². The van der Waals surface area contributed by atoms with Crippen LogP contribution in [0.25, 0.3) is 22.5 Å². The van der Waals surface area contributed by atoms with Crippen molar-refractivity contribution in [1.82, 2.24) is 20.2 Å². The highest BCUT2D eigenvalue weighted by Crippen LogP contribution is 2.41. The molecule has 4 bridgehead atoms. The molecule has 5 rings (SSSR count). The number of aromatic nitrogens is 2. The van der Waals surface area contributed by atoms with E-state index in [-0.39, 0.29) is 93.9 Å². The fraction of sp³-hybridized carbons (Fsp3) is 0.440. The van der Waals surface area contributed by atoms with E-state index in [0.29, 0.717) is 45.3 Å². The molecule has 0 saturated heterocycles. The zero-order chi connectivity index (χ0) is 47.4. The van der Waals surface area contributed by atoms with Crippen molar-refractivity contribution in [2.75, 3.05) is 39.9 Å². The van der Waals surface area contributed by atoms with Crippen molar-refractivity contribution in [2.24, 2.45) is 29.0 Å². The number of nitrogens with one attached hydrogen (secondary N) is 1. The SMILES string of the molecule is Cc1nc(-c2ccc(C(C)(C)C)cc2)ncc1C(=O)CC(CCN)C(=O)N(C)C1C(=O)CC(C)C(=O)NC(C(=O)CCC#N)Cc2ccc(OCCN)c(c2)-c2cc1ccc2OCCN. The first-order chi connectivity index (χ1) is 31.0. The number of hydrogen-bond donors (Lipinski definition) is 4. The molecule has 15 nitrogen and oxygen atoms in total. The lowest BCUT2D eigenvalue weighted by atomic mass is 9.86. The normalized spacial score (nSPS) is 17.0. The number of amides is 2. The summed E-state index contributed by atoms with van der Waals surface area (Å²) in [6.45, 7) is 10.6. The van der Waals surface area contributed by atoms with Crippen LogP contribution in [0, 0.1) is 30.1 Å². The Morgan fingerprint density at radius 2 is 1.57 bits per heavy atom. The molecule has 1 aromatic heterocycles. The summed E-state index contributed by atoms with van der Waals surface area (Å²) in [6, 6.07) is 18.2. The van der Waals surface area contributed by atoms with Gasteiger partial charge >= 0.3 is 0 Å². The highest BCUT2D eigenvalue weighted by molar-refractivity contribution is 6.00. The van der Waals surface area contributed by atoms with Crippen LogP contribution in [0.4, 0.5) is 0 Å². The molecule has 1 aliphatic heterocycles. The van der Waals surface area contributed by atoms with E-state index in [1.54, 1.807) is 44.2 Å². The lowest BCUT2D eigenvalue weighted by molar-refractivity contribution is -0.142. The zero-order valence-electron chi connectivity index (χ0n) is 38.3. The number of Topliss-reactive ketones (excluding diaryl/α,β-unsaturated/α-hetero) is 3. The summed E-state index contributed by atoms with van der Waals surface area (Å²) in [6.07, 6.45) is 1.09. The average molecular weight is 887 g/mol. The Labute approximate surface area is 381 Å². The molecule has 344 valence electrons. The van der Waals surface area contributed by atoms with E-state index in [2.05, 4.69) is 36.1 Å². The molecular formula is C50H62N8O7. The van der Waals surface area contributed by atoms with Gasteiger partial charge in [-0.1, -0.05) is 64.1 Å². The highest BCUT2D eigenvalue weighted by atomic mass is 16.5. The molecule has 0 fully saturated rings. The molecule has 0 spiro atoms. The van der Waals surface area contributed by atoms with Crippen LogP contribution in [0.15, 0.2) is 66.9 Å². The molecule has 15 heteroatoms. The van der Waals surface area contributed by atoms with E-state index < -0.39 is 41.5 Å². The average Bonchev–Trinajstić information content (AvgIpc) is 3.28. The van der Waals surface area contributed by atoms with Gasteiger partial charge in [-0.15, -0.1) is 0 Å². The second kappa shape index (κ2) is 22.5. The monoisotopic (exact) mass is 886 g/mol. The highest BCUT2D eigenvalue weighted by Gasteiger charge is 2.36. The van der Waals surface area contributed by atoms with Gasteiger partial charge in [-0.25, -0.2) is 9.97 Å². The number of rotatable bonds is 17. The molecule has 0 aliphatic carbocycles. The third-order valence-electron chi connectivity index (χ3n) is 11.6. The summed E-state index contributed by atoms with van der Waals surface area (Å²) >= 11 is 0. The van der Waals surface area contributed by atoms with Gasteiger partial charge < -0.3 is 36.9 Å². The number of nitriles is 1. The number of fused-ring (bicyclic) bond motifs is 5. The smallest absolute Gasteiger partial charge is 0.226 e. The first-order valence-corrected chi connectivity index (χ1v) is 22.1. The first kappa shape index (κ1) is 49.7. The Morgan fingerprint density at radius 3 is 2.17 bits per heavy atom. The van der Waals surface area contributed by atoms with Crippen LogP contribution in [-0.2, 0) is 31.0 Å². The van der Waals surface area contributed by atoms with Crippen LogP contribution in [0.1, 0.15) is 98.6 Å². The van der Waals surface area contributed by atoms with Gasteiger partial charge in [0.15, 0.2) is 23.2 Å². The van der Waals surface area contributed by atoms with Crippen molar-refractivity contribution in [3.05, 3.63) is 94.8 Å². The minimum absolute atomic E-state index is 0.0264. The molecule has 3 aromatic carbocycles. The number of hydrogen-bond acceptors (Lipinski definition) is 13. The quantitative estimate of drug-likeness (QED) is 0.0980. The number of nitrogens with two attached hydrogens (primary N) is 3. The number of carbonyl (C=O) groups is 5. The van der Waals surface area contributed by atoms with E-state index in [0.717, 1.165) is 11.1 Å². The second-order valence-electron chi connectivity index (χ2n) is 17.6. The van der Waals surface area contributed by atoms with Gasteiger partial charge in [0.25, 0.3) is 0 Å². The van der Waals surface area contributed by atoms with Crippen molar-refractivity contribution < 1.29 is 33.4 Å². The van der Waals surface area contributed by atoms with Crippen LogP contribution in [0.2, 0.25) is 0 Å². The fourth-order valence-electron chi connectivity index (χ4n) is 7.97. The van der Waals surface area contributed by atoms with Gasteiger partial charge in [0.2, 0.25) is 11.8 Å². The van der Waals surface area contributed by atoms with Gasteiger partial charge in [-0.2, -0.15) is 5.26 Å². The first-order valence-electron chi connectivity index (χ1n) is 22.1. The zero-order valence-corrected chi connectivity index (χ0v) is 38.3. The number of aryl methyl sites for hydroxylation is 1. The van der Waals surface area contributed by atoms with Crippen molar-refractivity contribution >= 4 is 29.2 Å². The van der Waals surface area contributed by atoms with Crippen molar-refractivity contribution in [1.29, 1.82) is 5.26 Å². The molecule has 65 heavy (non-hydrogen) atoms. The maximum absolute atomic E-state index is 14.7. The topological polar surface area (TPSA) is 247 Å². The Kier molecular flexibility index (Phi) is 17.2. The maximum Gasteiger partial charge on any atom is 0.226 e. The Morgan fingerprint density at radius 1 is 0.923 bits per heavy atom. The van der Waals surface area contributed by atoms with E-state index >= 15 is 0 Å². The minimum atomic E-state index is -1.24. The van der Waals surface area contributed by atoms with Crippen molar-refractivity contribution in [3.63, 3.8) is 0 Å². The molecule has 4 atom stereocenters. The summed E-state index contributed by atoms with van der Waals surface area (Å²) in [7, 11) is 1.50. The van der Waals surface area contributed by atoms with Gasteiger partial charge in [0, 0.05) is 80.5 Å². The molecular weight excluding hydrogens is 825 g/mol. The molecule has 1 aliphatic rings. The molecule has 0 radical (unpaired) electrons. The predicted molar refractivity (Wildman–Crippen MR) is 248 cm³/mol. The van der Waals surface area contributed by atoms with E-state index in [1.165, 1.54) is 18.1 Å². The summed E-state index contributed by atoms with van der Waals surface area (Å²) in [5.74, 6) is -2.72. The van der Waals surface area contributed by atoms with Crippen LogP contribution in [-0.4, -0.2) is 90.0 Å². The summed E-state index contributed by atoms with van der Waals surface area (Å²) in [5.41, 5.74) is 22.6. The fourth-order valence-corrected chi connectivity index (χ4v) is 7.97. The van der Waals surface area contributed by atoms with Crippen LogP contribution in [0.5, 0.6) is 11.5 Å². The van der Waals surface area contributed by atoms with Crippen LogP contribution in [0.3, 0.4) is 0 Å². The third-order valence-corrected chi connectivity index (χ3v) is 11.6. The predicted octanol–water partition coefficient (Wildman–Crippen LogP) is 5.34. The Hall–Kier alpha value is -6.34. The molecule has 4 aromatic rings. The standard InChI is InChI=1S/C50H62N8O7/c1-30-24-43(61)46(58(6)49(63)35(17-19-52)28-42(60)39-29-55-47(56-31(39)2)33-10-13-36(14-11-33)50(3,4)5)34-12-16-45(65-23-21-54)38(27-34)37-25-32(9-15-44(37)64-22-20-53)26-40(57-48(30)62)41(59)8-7-18-51/h9-16,25,27,29-30,35,40,46H,7-8,17,19-24,26,28,52-54H2,1-6H3,(H,57,62). The number of nitrogens with zero attached hydrogens (tertiary/aromatic N) is 4.